The topological polar surface area (TPSA) is 120 Å². The van der Waals surface area contributed by atoms with Gasteiger partial charge in [0.1, 0.15) is 11.5 Å². The fraction of sp³-hybridized carbons (Fsp3) is 0.222. The molecule has 0 spiro atoms. The summed E-state index contributed by atoms with van der Waals surface area (Å²) in [5.74, 6) is -0.230. The number of carbonyl (C=O) groups is 2. The molecule has 9 nitrogen and oxygen atoms in total. The predicted octanol–water partition coefficient (Wildman–Crippen LogP) is 1.82. The van der Waals surface area contributed by atoms with Crippen molar-refractivity contribution in [2.45, 2.75) is 13.8 Å². The van der Waals surface area contributed by atoms with Crippen LogP contribution in [0.15, 0.2) is 42.5 Å². The SMILES string of the molecule is Cc1ccc(C)c(OCC(=O)NNC(=O)COc2ccc([N+](=O)[O-])cc2)c1. The Bertz CT molecular complexity index is 835. The number of nitro benzene ring substituents is 1. The number of rotatable bonds is 7. The minimum absolute atomic E-state index is 0.0806. The maximum absolute atomic E-state index is 11.7. The van der Waals surface area contributed by atoms with Crippen molar-refractivity contribution in [3.8, 4) is 11.5 Å². The Kier molecular flexibility index (Phi) is 6.70. The van der Waals surface area contributed by atoms with E-state index in [2.05, 4.69) is 10.9 Å². The molecule has 0 fully saturated rings. The maximum Gasteiger partial charge on any atom is 0.276 e. The molecule has 2 aromatic carbocycles. The van der Waals surface area contributed by atoms with Gasteiger partial charge in [0.05, 0.1) is 4.92 Å². The first kappa shape index (κ1) is 19.7. The Morgan fingerprint density at radius 2 is 1.56 bits per heavy atom. The lowest BCUT2D eigenvalue weighted by Gasteiger charge is -2.11. The summed E-state index contributed by atoms with van der Waals surface area (Å²) in [5, 5.41) is 10.6. The van der Waals surface area contributed by atoms with Gasteiger partial charge >= 0.3 is 0 Å². The maximum atomic E-state index is 11.7. The van der Waals surface area contributed by atoms with E-state index in [1.54, 1.807) is 0 Å². The Morgan fingerprint density at radius 3 is 2.15 bits per heavy atom. The van der Waals surface area contributed by atoms with Crippen LogP contribution in [0.4, 0.5) is 5.69 Å². The largest absolute Gasteiger partial charge is 0.484 e. The summed E-state index contributed by atoms with van der Waals surface area (Å²) in [5.41, 5.74) is 6.23. The third-order valence-electron chi connectivity index (χ3n) is 3.46. The highest BCUT2D eigenvalue weighted by Gasteiger charge is 2.09. The zero-order valence-electron chi connectivity index (χ0n) is 14.9. The van der Waals surface area contributed by atoms with Gasteiger partial charge in [-0.05, 0) is 43.2 Å². The van der Waals surface area contributed by atoms with Crippen molar-refractivity contribution < 1.29 is 24.0 Å². The van der Waals surface area contributed by atoms with Crippen LogP contribution in [0.2, 0.25) is 0 Å². The Hall–Kier alpha value is -3.62. The van der Waals surface area contributed by atoms with Crippen LogP contribution in [0.3, 0.4) is 0 Å². The van der Waals surface area contributed by atoms with E-state index in [1.165, 1.54) is 24.3 Å². The second-order valence-corrected chi connectivity index (χ2v) is 5.69. The molecule has 0 heterocycles. The fourth-order valence-corrected chi connectivity index (χ4v) is 2.03. The van der Waals surface area contributed by atoms with Crippen LogP contribution in [0.5, 0.6) is 11.5 Å². The van der Waals surface area contributed by atoms with E-state index < -0.39 is 16.7 Å². The van der Waals surface area contributed by atoms with E-state index in [-0.39, 0.29) is 18.9 Å². The highest BCUT2D eigenvalue weighted by molar-refractivity contribution is 5.83. The van der Waals surface area contributed by atoms with Gasteiger partial charge in [0.25, 0.3) is 17.5 Å². The van der Waals surface area contributed by atoms with Crippen molar-refractivity contribution in [2.75, 3.05) is 13.2 Å². The first-order valence-electron chi connectivity index (χ1n) is 8.00. The summed E-state index contributed by atoms with van der Waals surface area (Å²) >= 11 is 0. The Balaban J connectivity index is 1.70. The third-order valence-corrected chi connectivity index (χ3v) is 3.46. The predicted molar refractivity (Wildman–Crippen MR) is 96.3 cm³/mol. The second kappa shape index (κ2) is 9.18. The van der Waals surface area contributed by atoms with Crippen molar-refractivity contribution in [3.05, 3.63) is 63.7 Å². The molecule has 0 radical (unpaired) electrons. The van der Waals surface area contributed by atoms with Crippen molar-refractivity contribution in [3.63, 3.8) is 0 Å². The molecule has 0 aliphatic heterocycles. The van der Waals surface area contributed by atoms with Gasteiger partial charge in [-0.25, -0.2) is 0 Å². The highest BCUT2D eigenvalue weighted by Crippen LogP contribution is 2.19. The number of nitro groups is 1. The molecule has 142 valence electrons. The lowest BCUT2D eigenvalue weighted by molar-refractivity contribution is -0.384. The Labute approximate surface area is 155 Å². The van der Waals surface area contributed by atoms with Crippen molar-refractivity contribution >= 4 is 17.5 Å². The van der Waals surface area contributed by atoms with Gasteiger partial charge in [-0.3, -0.25) is 30.6 Å². The van der Waals surface area contributed by atoms with Crippen molar-refractivity contribution in [1.82, 2.24) is 10.9 Å². The molecule has 0 aliphatic carbocycles. The Morgan fingerprint density at radius 1 is 0.963 bits per heavy atom. The van der Waals surface area contributed by atoms with Gasteiger partial charge in [0.2, 0.25) is 0 Å². The van der Waals surface area contributed by atoms with Crippen LogP contribution in [0.25, 0.3) is 0 Å². The molecule has 2 rings (SSSR count). The molecule has 0 aromatic heterocycles. The van der Waals surface area contributed by atoms with Crippen LogP contribution in [-0.4, -0.2) is 30.0 Å². The second-order valence-electron chi connectivity index (χ2n) is 5.69. The number of ether oxygens (including phenoxy) is 2. The smallest absolute Gasteiger partial charge is 0.276 e. The summed E-state index contributed by atoms with van der Waals surface area (Å²) in [6.45, 7) is 3.16. The number of benzene rings is 2. The first-order valence-corrected chi connectivity index (χ1v) is 8.00. The number of hydrogen-bond donors (Lipinski definition) is 2. The molecule has 0 aliphatic rings. The molecule has 27 heavy (non-hydrogen) atoms. The van der Waals surface area contributed by atoms with E-state index in [0.717, 1.165) is 11.1 Å². The molecule has 0 bridgehead atoms. The summed E-state index contributed by atoms with van der Waals surface area (Å²) in [6, 6.07) is 10.9. The van der Waals surface area contributed by atoms with Crippen LogP contribution in [0.1, 0.15) is 11.1 Å². The van der Waals surface area contributed by atoms with Gasteiger partial charge in [0.15, 0.2) is 13.2 Å². The first-order chi connectivity index (χ1) is 12.8. The van der Waals surface area contributed by atoms with Gasteiger partial charge in [0, 0.05) is 12.1 Å². The minimum atomic E-state index is -0.589. The molecular formula is C18H19N3O6. The lowest BCUT2D eigenvalue weighted by atomic mass is 10.1. The molecule has 0 unspecified atom stereocenters. The number of nitrogens with one attached hydrogen (secondary N) is 2. The molecule has 0 saturated carbocycles. The van der Waals surface area contributed by atoms with Crippen LogP contribution >= 0.6 is 0 Å². The number of aryl methyl sites for hydroxylation is 2. The molecule has 9 heteroatoms. The molecule has 2 N–H and O–H groups in total. The van der Waals surface area contributed by atoms with Gasteiger partial charge < -0.3 is 9.47 Å². The van der Waals surface area contributed by atoms with Crippen molar-refractivity contribution in [2.24, 2.45) is 0 Å². The molecule has 2 amide bonds. The third kappa shape index (κ3) is 6.31. The minimum Gasteiger partial charge on any atom is -0.484 e. The zero-order chi connectivity index (χ0) is 19.8. The standard InChI is InChI=1S/C18H19N3O6/c1-12-3-4-13(2)16(9-12)27-11-18(23)20-19-17(22)10-26-15-7-5-14(6-8-15)21(24)25/h3-9H,10-11H2,1-2H3,(H,19,22)(H,20,23). The van der Waals surface area contributed by atoms with Crippen molar-refractivity contribution in [1.29, 1.82) is 0 Å². The average Bonchev–Trinajstić information content (AvgIpc) is 2.65. The number of hydrogen-bond acceptors (Lipinski definition) is 6. The number of hydrazine groups is 1. The average molecular weight is 373 g/mol. The number of nitrogens with zero attached hydrogens (tertiary/aromatic N) is 1. The molecule has 0 atom stereocenters. The van der Waals surface area contributed by atoms with E-state index in [0.29, 0.717) is 11.5 Å². The van der Waals surface area contributed by atoms with Gasteiger partial charge in [-0.2, -0.15) is 0 Å². The van der Waals surface area contributed by atoms with Gasteiger partial charge in [-0.15, -0.1) is 0 Å². The molecule has 0 saturated heterocycles. The normalized spacial score (nSPS) is 10.0. The van der Waals surface area contributed by atoms with E-state index in [4.69, 9.17) is 9.47 Å². The van der Waals surface area contributed by atoms with Gasteiger partial charge in [-0.1, -0.05) is 12.1 Å². The summed E-state index contributed by atoms with van der Waals surface area (Å²) < 4.78 is 10.6. The zero-order valence-corrected chi connectivity index (χ0v) is 14.9. The summed E-state index contributed by atoms with van der Waals surface area (Å²) in [4.78, 5) is 33.4. The molecule has 2 aromatic rings. The van der Waals surface area contributed by atoms with Crippen LogP contribution < -0.4 is 20.3 Å². The number of amides is 2. The van der Waals surface area contributed by atoms with Crippen LogP contribution in [0, 0.1) is 24.0 Å². The number of non-ortho nitro benzene ring substituents is 1. The summed E-state index contributed by atoms with van der Waals surface area (Å²) in [7, 11) is 0. The lowest BCUT2D eigenvalue weighted by Crippen LogP contribution is -2.45. The monoisotopic (exact) mass is 373 g/mol. The quantitative estimate of drug-likeness (QED) is 0.564. The molecular weight excluding hydrogens is 354 g/mol. The summed E-state index contributed by atoms with van der Waals surface area (Å²) in [6.07, 6.45) is 0. The highest BCUT2D eigenvalue weighted by atomic mass is 16.6. The van der Waals surface area contributed by atoms with Crippen LogP contribution in [-0.2, 0) is 9.59 Å². The van der Waals surface area contributed by atoms with E-state index >= 15 is 0 Å². The number of carbonyl (C=O) groups excluding carboxylic acids is 2. The fourth-order valence-electron chi connectivity index (χ4n) is 2.03. The van der Waals surface area contributed by atoms with E-state index in [9.17, 15) is 19.7 Å². The van der Waals surface area contributed by atoms with E-state index in [1.807, 2.05) is 32.0 Å².